The standard InChI is InChI=1S/C15H23F2N3/c1-11(2)10-19-5-7-20(8-6-19)13-4-3-12(9-18)14(16)15(13)17/h3-4,11H,5-10,18H2,1-2H3. The quantitative estimate of drug-likeness (QED) is 0.919. The number of halogens is 2. The Morgan fingerprint density at radius 2 is 1.75 bits per heavy atom. The fourth-order valence-electron chi connectivity index (χ4n) is 2.67. The highest BCUT2D eigenvalue weighted by atomic mass is 19.2. The molecule has 0 atom stereocenters. The first-order valence-electron chi connectivity index (χ1n) is 7.17. The lowest BCUT2D eigenvalue weighted by Crippen LogP contribution is -2.47. The van der Waals surface area contributed by atoms with Crippen LogP contribution in [0.2, 0.25) is 0 Å². The number of nitrogens with two attached hydrogens (primary N) is 1. The second kappa shape index (κ2) is 6.50. The molecule has 2 rings (SSSR count). The maximum absolute atomic E-state index is 14.1. The van der Waals surface area contributed by atoms with Crippen molar-refractivity contribution in [1.82, 2.24) is 4.90 Å². The lowest BCUT2D eigenvalue weighted by Gasteiger charge is -2.37. The molecule has 1 saturated heterocycles. The van der Waals surface area contributed by atoms with E-state index in [4.69, 9.17) is 5.73 Å². The summed E-state index contributed by atoms with van der Waals surface area (Å²) in [6, 6.07) is 3.22. The van der Waals surface area contributed by atoms with Gasteiger partial charge in [0.15, 0.2) is 11.6 Å². The van der Waals surface area contributed by atoms with Gasteiger partial charge in [-0.1, -0.05) is 19.9 Å². The number of benzene rings is 1. The average molecular weight is 283 g/mol. The van der Waals surface area contributed by atoms with E-state index < -0.39 is 11.6 Å². The minimum atomic E-state index is -0.811. The summed E-state index contributed by atoms with van der Waals surface area (Å²) in [5, 5.41) is 0. The summed E-state index contributed by atoms with van der Waals surface area (Å²) >= 11 is 0. The summed E-state index contributed by atoms with van der Waals surface area (Å²) in [7, 11) is 0. The zero-order valence-corrected chi connectivity index (χ0v) is 12.2. The molecule has 0 saturated carbocycles. The van der Waals surface area contributed by atoms with E-state index in [9.17, 15) is 8.78 Å². The fourth-order valence-corrected chi connectivity index (χ4v) is 2.67. The summed E-state index contributed by atoms with van der Waals surface area (Å²) in [6.45, 7) is 8.67. The van der Waals surface area contributed by atoms with Crippen molar-refractivity contribution in [2.24, 2.45) is 11.7 Å². The van der Waals surface area contributed by atoms with Gasteiger partial charge >= 0.3 is 0 Å². The van der Waals surface area contributed by atoms with Gasteiger partial charge in [-0.25, -0.2) is 8.78 Å². The Kier molecular flexibility index (Phi) is 4.94. The molecule has 0 aromatic heterocycles. The fraction of sp³-hybridized carbons (Fsp3) is 0.600. The van der Waals surface area contributed by atoms with Crippen LogP contribution >= 0.6 is 0 Å². The van der Waals surface area contributed by atoms with Crippen LogP contribution in [0.15, 0.2) is 12.1 Å². The van der Waals surface area contributed by atoms with Gasteiger partial charge in [0.2, 0.25) is 0 Å². The zero-order chi connectivity index (χ0) is 14.7. The van der Waals surface area contributed by atoms with Crippen molar-refractivity contribution in [2.45, 2.75) is 20.4 Å². The molecule has 0 bridgehead atoms. The lowest BCUT2D eigenvalue weighted by atomic mass is 10.1. The summed E-state index contributed by atoms with van der Waals surface area (Å²) in [6.07, 6.45) is 0. The second-order valence-electron chi connectivity index (χ2n) is 5.76. The molecule has 1 fully saturated rings. The van der Waals surface area contributed by atoms with Crippen molar-refractivity contribution < 1.29 is 8.78 Å². The molecule has 0 spiro atoms. The number of rotatable bonds is 4. The number of piperazine rings is 1. The van der Waals surface area contributed by atoms with Gasteiger partial charge in [0.25, 0.3) is 0 Å². The van der Waals surface area contributed by atoms with Crippen molar-refractivity contribution in [3.8, 4) is 0 Å². The maximum Gasteiger partial charge on any atom is 0.182 e. The van der Waals surface area contributed by atoms with Crippen molar-refractivity contribution >= 4 is 5.69 Å². The Morgan fingerprint density at radius 1 is 1.10 bits per heavy atom. The Labute approximate surface area is 119 Å². The minimum absolute atomic E-state index is 0.0190. The van der Waals surface area contributed by atoms with Gasteiger partial charge in [-0.05, 0) is 12.0 Å². The van der Waals surface area contributed by atoms with Gasteiger partial charge in [-0.3, -0.25) is 4.90 Å². The van der Waals surface area contributed by atoms with Crippen LogP contribution in [0.3, 0.4) is 0 Å². The van der Waals surface area contributed by atoms with Crippen LogP contribution < -0.4 is 10.6 Å². The number of hydrogen-bond donors (Lipinski definition) is 1. The molecule has 112 valence electrons. The number of hydrogen-bond acceptors (Lipinski definition) is 3. The molecular weight excluding hydrogens is 260 g/mol. The first-order chi connectivity index (χ1) is 9.52. The molecule has 1 aromatic rings. The molecule has 1 aliphatic rings. The second-order valence-corrected chi connectivity index (χ2v) is 5.76. The normalized spacial score (nSPS) is 17.0. The summed E-state index contributed by atoms with van der Waals surface area (Å²) < 4.78 is 27.8. The van der Waals surface area contributed by atoms with Gasteiger partial charge in [-0.15, -0.1) is 0 Å². The van der Waals surface area contributed by atoms with Crippen molar-refractivity contribution in [3.05, 3.63) is 29.3 Å². The lowest BCUT2D eigenvalue weighted by molar-refractivity contribution is 0.230. The predicted octanol–water partition coefficient (Wildman–Crippen LogP) is 2.20. The van der Waals surface area contributed by atoms with Gasteiger partial charge in [0.1, 0.15) is 0 Å². The Bertz CT molecular complexity index is 455. The molecule has 0 radical (unpaired) electrons. The molecule has 1 heterocycles. The molecule has 1 aliphatic heterocycles. The molecule has 2 N–H and O–H groups in total. The predicted molar refractivity (Wildman–Crippen MR) is 77.7 cm³/mol. The highest BCUT2D eigenvalue weighted by molar-refractivity contribution is 5.50. The molecule has 20 heavy (non-hydrogen) atoms. The Hall–Kier alpha value is -1.20. The van der Waals surface area contributed by atoms with Crippen LogP contribution in [0, 0.1) is 17.6 Å². The third kappa shape index (κ3) is 3.27. The van der Waals surface area contributed by atoms with Gasteiger partial charge in [0, 0.05) is 44.8 Å². The van der Waals surface area contributed by atoms with Crippen molar-refractivity contribution in [2.75, 3.05) is 37.6 Å². The third-order valence-electron chi connectivity index (χ3n) is 3.70. The monoisotopic (exact) mass is 283 g/mol. The summed E-state index contributed by atoms with van der Waals surface area (Å²) in [4.78, 5) is 4.28. The summed E-state index contributed by atoms with van der Waals surface area (Å²) in [5.41, 5.74) is 5.96. The Morgan fingerprint density at radius 3 is 2.30 bits per heavy atom. The smallest absolute Gasteiger partial charge is 0.182 e. The third-order valence-corrected chi connectivity index (χ3v) is 3.70. The van der Waals surface area contributed by atoms with E-state index in [1.807, 2.05) is 4.90 Å². The molecule has 0 unspecified atom stereocenters. The van der Waals surface area contributed by atoms with Crippen LogP contribution in [0.25, 0.3) is 0 Å². The van der Waals surface area contributed by atoms with Crippen molar-refractivity contribution in [1.29, 1.82) is 0 Å². The molecule has 3 nitrogen and oxygen atoms in total. The molecule has 5 heteroatoms. The Balaban J connectivity index is 2.06. The van der Waals surface area contributed by atoms with E-state index in [-0.39, 0.29) is 12.1 Å². The van der Waals surface area contributed by atoms with Gasteiger partial charge < -0.3 is 10.6 Å². The van der Waals surface area contributed by atoms with Crippen molar-refractivity contribution in [3.63, 3.8) is 0 Å². The van der Waals surface area contributed by atoms with E-state index in [0.29, 0.717) is 11.6 Å². The largest absolute Gasteiger partial charge is 0.367 e. The summed E-state index contributed by atoms with van der Waals surface area (Å²) in [5.74, 6) is -0.959. The van der Waals surface area contributed by atoms with Crippen LogP contribution in [-0.4, -0.2) is 37.6 Å². The van der Waals surface area contributed by atoms with Crippen LogP contribution in [0.4, 0.5) is 14.5 Å². The zero-order valence-electron chi connectivity index (χ0n) is 12.2. The van der Waals surface area contributed by atoms with Crippen LogP contribution in [0.5, 0.6) is 0 Å². The highest BCUT2D eigenvalue weighted by Crippen LogP contribution is 2.25. The van der Waals surface area contributed by atoms with Crippen LogP contribution in [0.1, 0.15) is 19.4 Å². The first-order valence-corrected chi connectivity index (χ1v) is 7.17. The molecule has 0 aliphatic carbocycles. The van der Waals surface area contributed by atoms with Gasteiger partial charge in [-0.2, -0.15) is 0 Å². The van der Waals surface area contributed by atoms with E-state index in [0.717, 1.165) is 32.7 Å². The van der Waals surface area contributed by atoms with E-state index in [2.05, 4.69) is 18.7 Å². The number of anilines is 1. The van der Waals surface area contributed by atoms with Gasteiger partial charge in [0.05, 0.1) is 5.69 Å². The van der Waals surface area contributed by atoms with Crippen LogP contribution in [-0.2, 0) is 6.54 Å². The molecular formula is C15H23F2N3. The topological polar surface area (TPSA) is 32.5 Å². The highest BCUT2D eigenvalue weighted by Gasteiger charge is 2.22. The average Bonchev–Trinajstić information content (AvgIpc) is 2.42. The maximum atomic E-state index is 14.1. The minimum Gasteiger partial charge on any atom is -0.367 e. The number of nitrogens with zero attached hydrogens (tertiary/aromatic N) is 2. The van der Waals surface area contributed by atoms with E-state index in [1.54, 1.807) is 12.1 Å². The van der Waals surface area contributed by atoms with E-state index >= 15 is 0 Å². The first kappa shape index (κ1) is 15.2. The SMILES string of the molecule is CC(C)CN1CCN(c2ccc(CN)c(F)c2F)CC1. The molecule has 1 aromatic carbocycles. The molecule has 0 amide bonds. The van der Waals surface area contributed by atoms with E-state index in [1.165, 1.54) is 0 Å².